The van der Waals surface area contributed by atoms with Crippen LogP contribution in [0.15, 0.2) is 48.5 Å². The minimum Gasteiger partial charge on any atom is -0.507 e. The highest BCUT2D eigenvalue weighted by Crippen LogP contribution is 2.22. The number of phenolic OH excluding ortho intramolecular Hbond substituents is 1. The zero-order valence-electron chi connectivity index (χ0n) is 13.8. The van der Waals surface area contributed by atoms with Gasteiger partial charge >= 0.3 is 5.97 Å². The van der Waals surface area contributed by atoms with E-state index in [4.69, 9.17) is 4.74 Å². The highest BCUT2D eigenvalue weighted by Gasteiger charge is 2.15. The number of esters is 1. The molecular formula is C19H21NO4. The Labute approximate surface area is 141 Å². The summed E-state index contributed by atoms with van der Waals surface area (Å²) in [5.41, 5.74) is 1.76. The van der Waals surface area contributed by atoms with Crippen molar-refractivity contribution in [1.29, 1.82) is 0 Å². The van der Waals surface area contributed by atoms with Crippen LogP contribution in [-0.2, 0) is 9.53 Å². The third kappa shape index (κ3) is 4.59. The molecule has 0 heterocycles. The number of nitrogens with one attached hydrogen (secondary N) is 1. The van der Waals surface area contributed by atoms with E-state index < -0.39 is 5.97 Å². The fourth-order valence-electron chi connectivity index (χ4n) is 2.25. The van der Waals surface area contributed by atoms with Crippen LogP contribution in [0.1, 0.15) is 34.3 Å². The average molecular weight is 327 g/mol. The van der Waals surface area contributed by atoms with Gasteiger partial charge in [0.25, 0.3) is 5.91 Å². The van der Waals surface area contributed by atoms with E-state index in [0.29, 0.717) is 12.1 Å². The first-order valence-corrected chi connectivity index (χ1v) is 7.76. The Balaban J connectivity index is 1.81. The van der Waals surface area contributed by atoms with Crippen LogP contribution in [0.3, 0.4) is 0 Å². The van der Waals surface area contributed by atoms with Gasteiger partial charge in [0.2, 0.25) is 0 Å². The quantitative estimate of drug-likeness (QED) is 0.800. The predicted octanol–water partition coefficient (Wildman–Crippen LogP) is 2.78. The topological polar surface area (TPSA) is 75.6 Å². The van der Waals surface area contributed by atoms with E-state index >= 15 is 0 Å². The number of para-hydroxylation sites is 1. The molecule has 0 fully saturated rings. The summed E-state index contributed by atoms with van der Waals surface area (Å²) >= 11 is 0. The molecule has 1 atom stereocenters. The molecule has 0 bridgehead atoms. The van der Waals surface area contributed by atoms with Crippen LogP contribution < -0.4 is 5.32 Å². The first kappa shape index (κ1) is 17.5. The number of carbonyl (C=O) groups excluding carboxylic acids is 2. The van der Waals surface area contributed by atoms with Crippen LogP contribution >= 0.6 is 0 Å². The Morgan fingerprint density at radius 2 is 1.83 bits per heavy atom. The number of aromatic hydroxyl groups is 1. The number of carbonyl (C=O) groups is 2. The van der Waals surface area contributed by atoms with Crippen molar-refractivity contribution in [3.8, 4) is 5.75 Å². The number of aryl methyl sites for hydroxylation is 1. The molecule has 5 nitrogen and oxygen atoms in total. The molecule has 1 amide bonds. The Kier molecular flexibility index (Phi) is 5.95. The van der Waals surface area contributed by atoms with Crippen molar-refractivity contribution in [2.24, 2.45) is 0 Å². The molecule has 2 rings (SSSR count). The predicted molar refractivity (Wildman–Crippen MR) is 91.0 cm³/mol. The first-order chi connectivity index (χ1) is 11.5. The van der Waals surface area contributed by atoms with Crippen molar-refractivity contribution in [2.45, 2.75) is 19.8 Å². The van der Waals surface area contributed by atoms with Gasteiger partial charge in [-0.25, -0.2) is 4.79 Å². The van der Waals surface area contributed by atoms with E-state index in [-0.39, 0.29) is 29.7 Å². The van der Waals surface area contributed by atoms with Gasteiger partial charge in [-0.05, 0) is 30.0 Å². The van der Waals surface area contributed by atoms with Crippen LogP contribution in [-0.4, -0.2) is 30.1 Å². The Hall–Kier alpha value is -2.82. The smallest absolute Gasteiger partial charge is 0.342 e. The standard InChI is InChI=1S/C19H21NO4/c1-13-7-6-10-16(18(13)22)19(23)24-12-17(21)20-11-14(2)15-8-4-3-5-9-15/h3-10,14,22H,11-12H2,1-2H3,(H,20,21)/t14-/m0/s1. The van der Waals surface area contributed by atoms with Gasteiger partial charge < -0.3 is 15.2 Å². The van der Waals surface area contributed by atoms with E-state index in [1.54, 1.807) is 19.1 Å². The lowest BCUT2D eigenvalue weighted by Crippen LogP contribution is -2.31. The third-order valence-electron chi connectivity index (χ3n) is 3.77. The molecule has 0 unspecified atom stereocenters. The van der Waals surface area contributed by atoms with Gasteiger partial charge in [0.1, 0.15) is 11.3 Å². The molecule has 0 aliphatic heterocycles. The SMILES string of the molecule is Cc1cccc(C(=O)OCC(=O)NC[C@H](C)c2ccccc2)c1O. The van der Waals surface area contributed by atoms with Crippen molar-refractivity contribution < 1.29 is 19.4 Å². The lowest BCUT2D eigenvalue weighted by molar-refractivity contribution is -0.124. The van der Waals surface area contributed by atoms with Gasteiger partial charge in [-0.3, -0.25) is 4.79 Å². The summed E-state index contributed by atoms with van der Waals surface area (Å²) in [4.78, 5) is 23.7. The van der Waals surface area contributed by atoms with Crippen molar-refractivity contribution in [3.05, 3.63) is 65.2 Å². The Bertz CT molecular complexity index is 713. The molecule has 0 aliphatic carbocycles. The second-order valence-electron chi connectivity index (χ2n) is 5.66. The molecule has 0 saturated carbocycles. The molecule has 0 radical (unpaired) electrons. The molecule has 2 aromatic carbocycles. The van der Waals surface area contributed by atoms with Crippen molar-refractivity contribution in [2.75, 3.05) is 13.2 Å². The molecule has 5 heteroatoms. The normalized spacial score (nSPS) is 11.6. The summed E-state index contributed by atoms with van der Waals surface area (Å²) in [7, 11) is 0. The number of hydrogen-bond acceptors (Lipinski definition) is 4. The molecule has 0 saturated heterocycles. The lowest BCUT2D eigenvalue weighted by atomic mass is 10.0. The van der Waals surface area contributed by atoms with Gasteiger partial charge in [0.05, 0.1) is 0 Å². The molecule has 0 spiro atoms. The van der Waals surface area contributed by atoms with Crippen LogP contribution in [0.5, 0.6) is 5.75 Å². The number of rotatable bonds is 6. The first-order valence-electron chi connectivity index (χ1n) is 7.76. The van der Waals surface area contributed by atoms with Crippen molar-refractivity contribution in [3.63, 3.8) is 0 Å². The van der Waals surface area contributed by atoms with Gasteiger partial charge in [-0.1, -0.05) is 49.4 Å². The number of hydrogen-bond donors (Lipinski definition) is 2. The van der Waals surface area contributed by atoms with Gasteiger partial charge in [0, 0.05) is 6.54 Å². The summed E-state index contributed by atoms with van der Waals surface area (Å²) in [6.45, 7) is 3.76. The Morgan fingerprint density at radius 3 is 2.54 bits per heavy atom. The summed E-state index contributed by atoms with van der Waals surface area (Å²) < 4.78 is 4.95. The Morgan fingerprint density at radius 1 is 1.12 bits per heavy atom. The van der Waals surface area contributed by atoms with Gasteiger partial charge in [-0.2, -0.15) is 0 Å². The van der Waals surface area contributed by atoms with E-state index in [1.165, 1.54) is 6.07 Å². The van der Waals surface area contributed by atoms with E-state index in [2.05, 4.69) is 5.32 Å². The fraction of sp³-hybridized carbons (Fsp3) is 0.263. The molecule has 24 heavy (non-hydrogen) atoms. The second kappa shape index (κ2) is 8.15. The molecule has 0 aromatic heterocycles. The summed E-state index contributed by atoms with van der Waals surface area (Å²) in [6, 6.07) is 14.6. The average Bonchev–Trinajstić information content (AvgIpc) is 2.60. The minimum atomic E-state index is -0.720. The van der Waals surface area contributed by atoms with E-state index in [0.717, 1.165) is 5.56 Å². The number of amides is 1. The highest BCUT2D eigenvalue weighted by molar-refractivity contribution is 5.94. The molecule has 126 valence electrons. The zero-order valence-corrected chi connectivity index (χ0v) is 13.8. The zero-order chi connectivity index (χ0) is 17.5. The molecular weight excluding hydrogens is 306 g/mol. The van der Waals surface area contributed by atoms with E-state index in [1.807, 2.05) is 37.3 Å². The van der Waals surface area contributed by atoms with Gasteiger partial charge in [0.15, 0.2) is 6.61 Å². The molecule has 2 aromatic rings. The monoisotopic (exact) mass is 327 g/mol. The number of benzene rings is 2. The highest BCUT2D eigenvalue weighted by atomic mass is 16.5. The largest absolute Gasteiger partial charge is 0.507 e. The summed E-state index contributed by atoms with van der Waals surface area (Å²) in [5, 5.41) is 12.6. The maximum Gasteiger partial charge on any atom is 0.342 e. The van der Waals surface area contributed by atoms with Crippen LogP contribution in [0.2, 0.25) is 0 Å². The maximum absolute atomic E-state index is 11.9. The number of phenols is 1. The van der Waals surface area contributed by atoms with Crippen molar-refractivity contribution in [1.82, 2.24) is 5.32 Å². The van der Waals surface area contributed by atoms with Crippen molar-refractivity contribution >= 4 is 11.9 Å². The van der Waals surface area contributed by atoms with Crippen LogP contribution in [0.4, 0.5) is 0 Å². The fourth-order valence-corrected chi connectivity index (χ4v) is 2.25. The maximum atomic E-state index is 11.9. The minimum absolute atomic E-state index is 0.0560. The summed E-state index contributed by atoms with van der Waals surface area (Å²) in [5.74, 6) is -1.06. The van der Waals surface area contributed by atoms with E-state index in [9.17, 15) is 14.7 Å². The molecule has 2 N–H and O–H groups in total. The second-order valence-corrected chi connectivity index (χ2v) is 5.66. The van der Waals surface area contributed by atoms with Gasteiger partial charge in [-0.15, -0.1) is 0 Å². The van der Waals surface area contributed by atoms with Crippen LogP contribution in [0.25, 0.3) is 0 Å². The summed E-state index contributed by atoms with van der Waals surface area (Å²) in [6.07, 6.45) is 0. The van der Waals surface area contributed by atoms with Crippen LogP contribution in [0, 0.1) is 6.92 Å². The lowest BCUT2D eigenvalue weighted by Gasteiger charge is -2.13. The molecule has 0 aliphatic rings. The third-order valence-corrected chi connectivity index (χ3v) is 3.77. The number of ether oxygens (including phenoxy) is 1.